The van der Waals surface area contributed by atoms with Crippen molar-refractivity contribution < 1.29 is 38.5 Å². The molecule has 13 heteroatoms. The molecule has 12 nitrogen and oxygen atoms in total. The summed E-state index contributed by atoms with van der Waals surface area (Å²) in [6.45, 7) is 6.56. The molecule has 0 spiro atoms. The first-order valence-corrected chi connectivity index (χ1v) is 14.1. The van der Waals surface area contributed by atoms with Crippen LogP contribution in [0.3, 0.4) is 0 Å². The number of fused-ring (bicyclic) bond motifs is 2. The van der Waals surface area contributed by atoms with Gasteiger partial charge in [-0.25, -0.2) is 14.2 Å². The van der Waals surface area contributed by atoms with Crippen LogP contribution in [-0.4, -0.2) is 56.7 Å². The van der Waals surface area contributed by atoms with Crippen LogP contribution in [0.2, 0.25) is 0 Å². The lowest BCUT2D eigenvalue weighted by Gasteiger charge is -2.28. The van der Waals surface area contributed by atoms with Crippen LogP contribution < -0.4 is 15.8 Å². The highest BCUT2D eigenvalue weighted by Gasteiger charge is 2.30. The predicted octanol–water partition coefficient (Wildman–Crippen LogP) is 3.56. The number of nitrogens with one attached hydrogen (secondary N) is 1. The predicted molar refractivity (Wildman–Crippen MR) is 158 cm³/mol. The Morgan fingerprint density at radius 2 is 1.89 bits per heavy atom. The monoisotopic (exact) mass is 610 g/mol. The van der Waals surface area contributed by atoms with Gasteiger partial charge in [0.1, 0.15) is 17.7 Å². The number of nitrogens with zero attached hydrogens (tertiary/aromatic N) is 3. The number of esters is 1. The molecule has 1 aliphatic rings. The molecule has 234 valence electrons. The third kappa shape index (κ3) is 6.71. The van der Waals surface area contributed by atoms with Crippen LogP contribution in [0.4, 0.5) is 10.1 Å². The van der Waals surface area contributed by atoms with E-state index in [2.05, 4.69) is 10.3 Å². The maximum Gasteiger partial charge on any atom is 0.326 e. The molecule has 3 aromatic rings. The molecule has 44 heavy (non-hydrogen) atoms. The number of carbonyl (C=O) groups excluding carboxylic acids is 2. The number of carbonyl (C=O) groups is 4. The van der Waals surface area contributed by atoms with Crippen LogP contribution in [-0.2, 0) is 32.3 Å². The zero-order chi connectivity index (χ0) is 32.5. The number of aromatic nitrogens is 2. The van der Waals surface area contributed by atoms with Crippen LogP contribution in [0.15, 0.2) is 35.1 Å². The molecular formula is C31H35FN4O8. The summed E-state index contributed by atoms with van der Waals surface area (Å²) in [5.41, 5.74) is 1.38. The fourth-order valence-electron chi connectivity index (χ4n) is 5.16. The normalized spacial score (nSPS) is 15.0. The van der Waals surface area contributed by atoms with E-state index >= 15 is 4.39 Å². The number of aliphatic carboxylic acids is 2. The summed E-state index contributed by atoms with van der Waals surface area (Å²) < 4.78 is 21.8. The Morgan fingerprint density at radius 3 is 2.50 bits per heavy atom. The van der Waals surface area contributed by atoms with Crippen molar-refractivity contribution in [3.05, 3.63) is 69.0 Å². The molecule has 0 bridgehead atoms. The summed E-state index contributed by atoms with van der Waals surface area (Å²) in [6.07, 6.45) is 0.544. The number of aryl methyl sites for hydroxylation is 2. The minimum absolute atomic E-state index is 0.228. The van der Waals surface area contributed by atoms with E-state index in [0.717, 1.165) is 11.1 Å². The Bertz CT molecular complexity index is 1710. The van der Waals surface area contributed by atoms with E-state index in [9.17, 15) is 29.1 Å². The van der Waals surface area contributed by atoms with Gasteiger partial charge in [-0.05, 0) is 88.4 Å². The molecule has 0 radical (unpaired) electrons. The first kappa shape index (κ1) is 32.1. The maximum atomic E-state index is 15.1. The number of carboxylic acid groups (broad SMARTS) is 2. The molecule has 4 rings (SSSR count). The lowest BCUT2D eigenvalue weighted by molar-refractivity contribution is -0.157. The second-order valence-electron chi connectivity index (χ2n) is 11.9. The van der Waals surface area contributed by atoms with Crippen molar-refractivity contribution in [2.24, 2.45) is 5.41 Å². The summed E-state index contributed by atoms with van der Waals surface area (Å²) >= 11 is 0. The largest absolute Gasteiger partial charge is 0.481 e. The average Bonchev–Trinajstić information content (AvgIpc) is 3.35. The number of anilines is 1. The molecule has 1 amide bonds. The standard InChI is InChI=1S/C31H35FN4O8/c1-16-33-24-12-17-6-10-25(20(17)14-21(24)28(40)36(16)15-44-30(43)31(2,3)4)35(5)18-7-8-19(22(32)13-18)27(39)34-23(29(41)42)9-11-26(37)38/h7-8,12-14,23,25H,6,9-11,15H2,1-5H3,(H,34,39)(H,37,38)(H,41,42)/t23-,25?/m0/s1. The van der Waals surface area contributed by atoms with Gasteiger partial charge >= 0.3 is 17.9 Å². The second-order valence-corrected chi connectivity index (χ2v) is 11.9. The Kier molecular flexibility index (Phi) is 9.07. The summed E-state index contributed by atoms with van der Waals surface area (Å²) in [5.74, 6) is -4.53. The Labute approximate surface area is 252 Å². The molecule has 1 aliphatic carbocycles. The van der Waals surface area contributed by atoms with Crippen LogP contribution >= 0.6 is 0 Å². The number of carboxylic acids is 2. The van der Waals surface area contributed by atoms with Crippen LogP contribution in [0.5, 0.6) is 0 Å². The van der Waals surface area contributed by atoms with Gasteiger partial charge < -0.3 is 25.2 Å². The molecule has 2 atom stereocenters. The molecular weight excluding hydrogens is 575 g/mol. The molecule has 0 saturated heterocycles. The van der Waals surface area contributed by atoms with Gasteiger partial charge in [0, 0.05) is 19.2 Å². The van der Waals surface area contributed by atoms with Crippen molar-refractivity contribution >= 4 is 40.4 Å². The van der Waals surface area contributed by atoms with Gasteiger partial charge in [0.05, 0.1) is 27.9 Å². The van der Waals surface area contributed by atoms with Gasteiger partial charge in [-0.3, -0.25) is 23.7 Å². The molecule has 1 aromatic heterocycles. The molecule has 0 aliphatic heterocycles. The number of benzene rings is 2. The Hall–Kier alpha value is -4.81. The Balaban J connectivity index is 1.58. The fourth-order valence-corrected chi connectivity index (χ4v) is 5.16. The summed E-state index contributed by atoms with van der Waals surface area (Å²) in [6, 6.07) is 5.88. The van der Waals surface area contributed by atoms with Crippen molar-refractivity contribution in [1.82, 2.24) is 14.9 Å². The van der Waals surface area contributed by atoms with E-state index in [4.69, 9.17) is 9.84 Å². The van der Waals surface area contributed by atoms with Crippen LogP contribution in [0.1, 0.15) is 73.4 Å². The SMILES string of the molecule is Cc1nc2cc3c(cc2c(=O)n1COC(=O)C(C)(C)C)C(N(C)c1ccc(C(=O)N[C@@H](CCC(=O)O)C(=O)O)c(F)c1)CC3. The van der Waals surface area contributed by atoms with E-state index < -0.39 is 47.5 Å². The van der Waals surface area contributed by atoms with Crippen molar-refractivity contribution in [2.75, 3.05) is 11.9 Å². The first-order chi connectivity index (χ1) is 20.6. The molecule has 3 N–H and O–H groups in total. The summed E-state index contributed by atoms with van der Waals surface area (Å²) in [4.78, 5) is 67.0. The van der Waals surface area contributed by atoms with E-state index in [1.54, 1.807) is 40.8 Å². The van der Waals surface area contributed by atoms with E-state index in [-0.39, 0.29) is 30.3 Å². The highest BCUT2D eigenvalue weighted by molar-refractivity contribution is 5.97. The third-order valence-electron chi connectivity index (χ3n) is 7.71. The lowest BCUT2D eigenvalue weighted by Crippen LogP contribution is -2.41. The van der Waals surface area contributed by atoms with Crippen molar-refractivity contribution in [2.45, 2.75) is 72.2 Å². The number of rotatable bonds is 10. The van der Waals surface area contributed by atoms with E-state index in [0.29, 0.717) is 35.3 Å². The number of hydrogen-bond donors (Lipinski definition) is 3. The lowest BCUT2D eigenvalue weighted by atomic mass is 9.98. The topological polar surface area (TPSA) is 168 Å². The van der Waals surface area contributed by atoms with Gasteiger partial charge in [0.25, 0.3) is 11.5 Å². The number of amides is 1. The number of halogens is 1. The number of ether oxygens (including phenoxy) is 1. The fraction of sp³-hybridized carbons (Fsp3) is 0.419. The average molecular weight is 611 g/mol. The third-order valence-corrected chi connectivity index (χ3v) is 7.71. The minimum Gasteiger partial charge on any atom is -0.481 e. The molecule has 2 aromatic carbocycles. The van der Waals surface area contributed by atoms with Crippen LogP contribution in [0, 0.1) is 18.2 Å². The summed E-state index contributed by atoms with van der Waals surface area (Å²) in [5, 5.41) is 20.7. The second kappa shape index (κ2) is 12.4. The highest BCUT2D eigenvalue weighted by Crippen LogP contribution is 2.39. The van der Waals surface area contributed by atoms with Crippen molar-refractivity contribution in [3.63, 3.8) is 0 Å². The smallest absolute Gasteiger partial charge is 0.326 e. The molecule has 1 unspecified atom stereocenters. The van der Waals surface area contributed by atoms with Gasteiger partial charge in [-0.1, -0.05) is 0 Å². The number of hydrogen-bond acceptors (Lipinski definition) is 8. The quantitative estimate of drug-likeness (QED) is 0.289. The van der Waals surface area contributed by atoms with Gasteiger partial charge in [0.2, 0.25) is 0 Å². The molecule has 0 fully saturated rings. The van der Waals surface area contributed by atoms with Crippen molar-refractivity contribution in [1.29, 1.82) is 0 Å². The molecule has 1 heterocycles. The van der Waals surface area contributed by atoms with Crippen molar-refractivity contribution in [3.8, 4) is 0 Å². The van der Waals surface area contributed by atoms with E-state index in [1.165, 1.54) is 22.8 Å². The van der Waals surface area contributed by atoms with Gasteiger partial charge in [-0.15, -0.1) is 0 Å². The van der Waals surface area contributed by atoms with Crippen LogP contribution in [0.25, 0.3) is 10.9 Å². The minimum atomic E-state index is -1.49. The zero-order valence-corrected chi connectivity index (χ0v) is 25.1. The maximum absolute atomic E-state index is 15.1. The Morgan fingerprint density at radius 1 is 1.18 bits per heavy atom. The highest BCUT2D eigenvalue weighted by atomic mass is 19.1. The zero-order valence-electron chi connectivity index (χ0n) is 25.1. The first-order valence-electron chi connectivity index (χ1n) is 14.1. The summed E-state index contributed by atoms with van der Waals surface area (Å²) in [7, 11) is 1.77. The van der Waals surface area contributed by atoms with Gasteiger partial charge in [-0.2, -0.15) is 0 Å². The molecule has 0 saturated carbocycles. The van der Waals surface area contributed by atoms with E-state index in [1.807, 2.05) is 11.0 Å². The van der Waals surface area contributed by atoms with Gasteiger partial charge in [0.15, 0.2) is 6.73 Å².